The number of amides is 1. The van der Waals surface area contributed by atoms with Crippen LogP contribution in [-0.4, -0.2) is 36.4 Å². The molecule has 0 aliphatic carbocycles. The summed E-state index contributed by atoms with van der Waals surface area (Å²) in [4.78, 5) is 20.5. The molecule has 1 aromatic carbocycles. The number of carbonyl (C=O) groups is 1. The van der Waals surface area contributed by atoms with Gasteiger partial charge in [-0.15, -0.1) is 21.5 Å². The van der Waals surface area contributed by atoms with Gasteiger partial charge in [0.2, 0.25) is 11.1 Å². The van der Waals surface area contributed by atoms with Crippen LogP contribution in [0.1, 0.15) is 0 Å². The van der Waals surface area contributed by atoms with Gasteiger partial charge in [0, 0.05) is 24.0 Å². The van der Waals surface area contributed by atoms with E-state index in [0.29, 0.717) is 10.3 Å². The first kappa shape index (κ1) is 15.0. The van der Waals surface area contributed by atoms with Gasteiger partial charge in [-0.1, -0.05) is 30.0 Å². The first-order valence-corrected chi connectivity index (χ1v) is 8.99. The molecule has 9 heteroatoms. The van der Waals surface area contributed by atoms with Crippen LogP contribution < -0.4 is 5.32 Å². The van der Waals surface area contributed by atoms with E-state index in [-0.39, 0.29) is 11.7 Å². The van der Waals surface area contributed by atoms with Gasteiger partial charge in [0.25, 0.3) is 0 Å². The fraction of sp³-hybridized carbons (Fsp3) is 0.133. The van der Waals surface area contributed by atoms with E-state index in [4.69, 9.17) is 0 Å². The molecule has 0 aliphatic rings. The predicted octanol–water partition coefficient (Wildman–Crippen LogP) is 2.70. The van der Waals surface area contributed by atoms with E-state index in [2.05, 4.69) is 25.5 Å². The van der Waals surface area contributed by atoms with Crippen molar-refractivity contribution < 1.29 is 4.79 Å². The van der Waals surface area contributed by atoms with E-state index in [1.54, 1.807) is 6.20 Å². The number of nitrogens with one attached hydrogen (secondary N) is 1. The number of nitrogens with zero attached hydrogens (tertiary/aromatic N) is 5. The lowest BCUT2D eigenvalue weighted by Gasteiger charge is -2.01. The molecular weight excluding hydrogens is 344 g/mol. The normalized spacial score (nSPS) is 11.2. The molecule has 4 rings (SSSR count). The maximum atomic E-state index is 11.9. The van der Waals surface area contributed by atoms with Gasteiger partial charge in [-0.2, -0.15) is 0 Å². The summed E-state index contributed by atoms with van der Waals surface area (Å²) in [6.07, 6.45) is 1.65. The van der Waals surface area contributed by atoms with Crippen LogP contribution in [0.2, 0.25) is 0 Å². The van der Waals surface area contributed by atoms with Crippen molar-refractivity contribution in [2.45, 2.75) is 5.16 Å². The third kappa shape index (κ3) is 2.72. The number of aryl methyl sites for hydroxylation is 1. The Labute approximate surface area is 145 Å². The molecule has 3 heterocycles. The number of hydrogen-bond acceptors (Lipinski definition) is 7. The topological polar surface area (TPSA) is 85.6 Å². The number of thioether (sulfide) groups is 1. The number of thiazole rings is 1. The number of anilines is 1. The Balaban J connectivity index is 1.56. The molecule has 120 valence electrons. The zero-order valence-corrected chi connectivity index (χ0v) is 14.3. The van der Waals surface area contributed by atoms with Crippen molar-refractivity contribution in [3.05, 3.63) is 35.8 Å². The Morgan fingerprint density at radius 2 is 2.21 bits per heavy atom. The number of fused-ring (bicyclic) bond motifs is 3. The number of hydrogen-bond donors (Lipinski definition) is 1. The van der Waals surface area contributed by atoms with Gasteiger partial charge in [-0.05, 0) is 6.07 Å². The maximum Gasteiger partial charge on any atom is 0.236 e. The largest absolute Gasteiger partial charge is 0.327 e. The molecular formula is C15H12N6OS2. The lowest BCUT2D eigenvalue weighted by Crippen LogP contribution is -2.14. The summed E-state index contributed by atoms with van der Waals surface area (Å²) in [6.45, 7) is 0. The van der Waals surface area contributed by atoms with Gasteiger partial charge >= 0.3 is 0 Å². The summed E-state index contributed by atoms with van der Waals surface area (Å²) in [5.41, 5.74) is 2.58. The summed E-state index contributed by atoms with van der Waals surface area (Å²) < 4.78 is 1.99. The van der Waals surface area contributed by atoms with E-state index in [1.807, 2.05) is 41.3 Å². The molecule has 0 unspecified atom stereocenters. The first-order chi connectivity index (χ1) is 11.7. The molecule has 0 bridgehead atoms. The molecule has 0 atom stereocenters. The van der Waals surface area contributed by atoms with Crippen molar-refractivity contribution in [2.24, 2.45) is 7.05 Å². The molecule has 0 fully saturated rings. The highest BCUT2D eigenvalue weighted by molar-refractivity contribution is 7.99. The minimum absolute atomic E-state index is 0.143. The smallest absolute Gasteiger partial charge is 0.236 e. The highest BCUT2D eigenvalue weighted by atomic mass is 32.2. The molecule has 0 saturated carbocycles. The SMILES string of the molecule is Cn1c2ccccc2c2nnc(SCC(=O)Nc3nccs3)nc21. The highest BCUT2D eigenvalue weighted by Crippen LogP contribution is 2.25. The standard InChI is InChI=1S/C15H12N6OS2/c1-21-10-5-3-2-4-9(10)12-13(21)18-15(20-19-12)24-8-11(22)17-14-16-6-7-23-14/h2-7H,8H2,1H3,(H,16,17,22). The van der Waals surface area contributed by atoms with Crippen LogP contribution in [-0.2, 0) is 11.8 Å². The van der Waals surface area contributed by atoms with Crippen molar-refractivity contribution in [3.63, 3.8) is 0 Å². The molecule has 7 nitrogen and oxygen atoms in total. The molecule has 4 aromatic rings. The van der Waals surface area contributed by atoms with Gasteiger partial charge in [0.05, 0.1) is 11.3 Å². The van der Waals surface area contributed by atoms with Gasteiger partial charge in [-0.25, -0.2) is 9.97 Å². The molecule has 0 radical (unpaired) electrons. The molecule has 24 heavy (non-hydrogen) atoms. The number of carbonyl (C=O) groups excluding carboxylic acids is 1. The molecule has 0 saturated heterocycles. The second-order valence-electron chi connectivity index (χ2n) is 5.02. The summed E-state index contributed by atoms with van der Waals surface area (Å²) >= 11 is 2.63. The van der Waals surface area contributed by atoms with Gasteiger partial charge in [-0.3, -0.25) is 4.79 Å². The number of para-hydroxylation sites is 1. The van der Waals surface area contributed by atoms with Crippen LogP contribution in [0.15, 0.2) is 41.0 Å². The number of rotatable bonds is 4. The van der Waals surface area contributed by atoms with Crippen molar-refractivity contribution in [1.82, 2.24) is 24.7 Å². The molecule has 1 amide bonds. The van der Waals surface area contributed by atoms with Crippen LogP contribution in [0.3, 0.4) is 0 Å². The van der Waals surface area contributed by atoms with Gasteiger partial charge in [0.1, 0.15) is 5.52 Å². The summed E-state index contributed by atoms with van der Waals surface area (Å²) in [6, 6.07) is 7.97. The Morgan fingerprint density at radius 3 is 3.04 bits per heavy atom. The van der Waals surface area contributed by atoms with Crippen LogP contribution in [0, 0.1) is 0 Å². The second kappa shape index (κ2) is 6.17. The quantitative estimate of drug-likeness (QED) is 0.566. The highest BCUT2D eigenvalue weighted by Gasteiger charge is 2.13. The van der Waals surface area contributed by atoms with Crippen molar-refractivity contribution in [1.29, 1.82) is 0 Å². The summed E-state index contributed by atoms with van der Waals surface area (Å²) in [5, 5.41) is 15.0. The number of aromatic nitrogens is 5. The van der Waals surface area contributed by atoms with Crippen LogP contribution in [0.5, 0.6) is 0 Å². The average Bonchev–Trinajstić information content (AvgIpc) is 3.21. The fourth-order valence-electron chi connectivity index (χ4n) is 2.42. The Kier molecular flexibility index (Phi) is 3.87. The van der Waals surface area contributed by atoms with Crippen molar-refractivity contribution >= 4 is 56.2 Å². The van der Waals surface area contributed by atoms with Gasteiger partial charge < -0.3 is 9.88 Å². The maximum absolute atomic E-state index is 11.9. The van der Waals surface area contributed by atoms with Gasteiger partial charge in [0.15, 0.2) is 10.8 Å². The minimum atomic E-state index is -0.143. The van der Waals surface area contributed by atoms with E-state index < -0.39 is 0 Å². The second-order valence-corrected chi connectivity index (χ2v) is 6.85. The monoisotopic (exact) mass is 356 g/mol. The van der Waals surface area contributed by atoms with Crippen molar-refractivity contribution in [3.8, 4) is 0 Å². The molecule has 0 aliphatic heterocycles. The van der Waals surface area contributed by atoms with E-state index >= 15 is 0 Å². The third-order valence-corrected chi connectivity index (χ3v) is 5.02. The number of benzene rings is 1. The summed E-state index contributed by atoms with van der Waals surface area (Å²) in [5.74, 6) is 0.0622. The van der Waals surface area contributed by atoms with Crippen LogP contribution >= 0.6 is 23.1 Å². The van der Waals surface area contributed by atoms with Crippen LogP contribution in [0.4, 0.5) is 5.13 Å². The molecule has 1 N–H and O–H groups in total. The third-order valence-electron chi connectivity index (χ3n) is 3.50. The van der Waals surface area contributed by atoms with E-state index in [1.165, 1.54) is 23.1 Å². The van der Waals surface area contributed by atoms with Crippen molar-refractivity contribution in [2.75, 3.05) is 11.1 Å². The zero-order valence-electron chi connectivity index (χ0n) is 12.6. The predicted molar refractivity (Wildman–Crippen MR) is 95.3 cm³/mol. The first-order valence-electron chi connectivity index (χ1n) is 7.12. The lowest BCUT2D eigenvalue weighted by atomic mass is 10.2. The average molecular weight is 356 g/mol. The Morgan fingerprint density at radius 1 is 1.33 bits per heavy atom. The fourth-order valence-corrected chi connectivity index (χ4v) is 3.55. The van der Waals surface area contributed by atoms with Crippen LogP contribution in [0.25, 0.3) is 22.1 Å². The Bertz CT molecular complexity index is 1030. The lowest BCUT2D eigenvalue weighted by molar-refractivity contribution is -0.113. The summed E-state index contributed by atoms with van der Waals surface area (Å²) in [7, 11) is 1.95. The van der Waals surface area contributed by atoms with E-state index in [9.17, 15) is 4.79 Å². The minimum Gasteiger partial charge on any atom is -0.327 e. The molecule has 3 aromatic heterocycles. The molecule has 0 spiro atoms. The van der Waals surface area contributed by atoms with E-state index in [0.717, 1.165) is 22.1 Å². The zero-order chi connectivity index (χ0) is 16.5. The Hall–Kier alpha value is -2.52.